The standard InChI is InChI=1S/C17H18N6O3/c1-8-5-6-11-10(7-8)15(24)14(21-23(11)4)17(26)19-12-9(2)22(3)20-13(12)16(18)25/h5-7H,1-4H3,(H2,18,25)(H,19,26). The van der Waals surface area contributed by atoms with E-state index >= 15 is 0 Å². The number of aryl methyl sites for hydroxylation is 3. The van der Waals surface area contributed by atoms with Gasteiger partial charge in [-0.25, -0.2) is 0 Å². The second kappa shape index (κ2) is 6.10. The number of carbonyl (C=O) groups excluding carboxylic acids is 2. The third-order valence-corrected chi connectivity index (χ3v) is 4.23. The second-order valence-corrected chi connectivity index (χ2v) is 6.07. The molecule has 1 aromatic carbocycles. The van der Waals surface area contributed by atoms with E-state index in [4.69, 9.17) is 5.73 Å². The summed E-state index contributed by atoms with van der Waals surface area (Å²) < 4.78 is 2.89. The van der Waals surface area contributed by atoms with Gasteiger partial charge in [0.25, 0.3) is 11.8 Å². The minimum absolute atomic E-state index is 0.0770. The molecular weight excluding hydrogens is 336 g/mol. The molecule has 3 N–H and O–H groups in total. The van der Waals surface area contributed by atoms with Crippen molar-refractivity contribution in [3.8, 4) is 0 Å². The van der Waals surface area contributed by atoms with Crippen LogP contribution in [0.25, 0.3) is 10.9 Å². The lowest BCUT2D eigenvalue weighted by Crippen LogP contribution is -2.27. The van der Waals surface area contributed by atoms with E-state index in [1.54, 1.807) is 33.2 Å². The molecule has 0 fully saturated rings. The first-order valence-electron chi connectivity index (χ1n) is 7.83. The summed E-state index contributed by atoms with van der Waals surface area (Å²) in [6.07, 6.45) is 0. The largest absolute Gasteiger partial charge is 0.364 e. The number of hydrogen-bond donors (Lipinski definition) is 2. The minimum atomic E-state index is -0.779. The Hall–Kier alpha value is -3.49. The molecule has 3 aromatic rings. The summed E-state index contributed by atoms with van der Waals surface area (Å²) in [4.78, 5) is 37.0. The van der Waals surface area contributed by atoms with Crippen molar-refractivity contribution in [1.82, 2.24) is 19.6 Å². The molecule has 0 aliphatic heterocycles. The van der Waals surface area contributed by atoms with E-state index in [-0.39, 0.29) is 17.1 Å². The van der Waals surface area contributed by atoms with Crippen LogP contribution in [0.4, 0.5) is 5.69 Å². The molecule has 26 heavy (non-hydrogen) atoms. The summed E-state index contributed by atoms with van der Waals surface area (Å²) >= 11 is 0. The van der Waals surface area contributed by atoms with Crippen LogP contribution >= 0.6 is 0 Å². The Balaban J connectivity index is 2.11. The van der Waals surface area contributed by atoms with Gasteiger partial charge in [0.05, 0.1) is 22.3 Å². The molecule has 0 saturated carbocycles. The molecular formula is C17H18N6O3. The highest BCUT2D eigenvalue weighted by Crippen LogP contribution is 2.20. The zero-order valence-corrected chi connectivity index (χ0v) is 14.8. The Morgan fingerprint density at radius 3 is 2.38 bits per heavy atom. The number of nitrogens with one attached hydrogen (secondary N) is 1. The van der Waals surface area contributed by atoms with Crippen LogP contribution in [-0.2, 0) is 14.1 Å². The van der Waals surface area contributed by atoms with Gasteiger partial charge < -0.3 is 11.1 Å². The fourth-order valence-electron chi connectivity index (χ4n) is 2.74. The number of amides is 2. The van der Waals surface area contributed by atoms with Crippen molar-refractivity contribution in [3.63, 3.8) is 0 Å². The number of aromatic nitrogens is 4. The number of fused-ring (bicyclic) bond motifs is 1. The fraction of sp³-hybridized carbons (Fsp3) is 0.235. The summed E-state index contributed by atoms with van der Waals surface area (Å²) in [6.45, 7) is 3.53. The van der Waals surface area contributed by atoms with Crippen molar-refractivity contribution < 1.29 is 9.59 Å². The van der Waals surface area contributed by atoms with Crippen LogP contribution in [-0.4, -0.2) is 31.4 Å². The monoisotopic (exact) mass is 354 g/mol. The maximum Gasteiger partial charge on any atom is 0.280 e. The van der Waals surface area contributed by atoms with Gasteiger partial charge in [-0.1, -0.05) is 11.6 Å². The number of nitrogens with zero attached hydrogens (tertiary/aromatic N) is 4. The lowest BCUT2D eigenvalue weighted by atomic mass is 10.1. The Morgan fingerprint density at radius 2 is 1.73 bits per heavy atom. The SMILES string of the molecule is Cc1ccc2c(c1)c(=O)c(C(=O)Nc1c(C(N)=O)nn(C)c1C)nn2C. The molecule has 0 bridgehead atoms. The van der Waals surface area contributed by atoms with E-state index in [1.165, 1.54) is 9.36 Å². The summed E-state index contributed by atoms with van der Waals surface area (Å²) in [5.41, 5.74) is 6.68. The van der Waals surface area contributed by atoms with Crippen molar-refractivity contribution >= 4 is 28.4 Å². The van der Waals surface area contributed by atoms with Crippen LogP contribution in [0.15, 0.2) is 23.0 Å². The van der Waals surface area contributed by atoms with Gasteiger partial charge in [-0.2, -0.15) is 10.2 Å². The average Bonchev–Trinajstić information content (AvgIpc) is 2.86. The number of nitrogens with two attached hydrogens (primary N) is 1. The van der Waals surface area contributed by atoms with Crippen LogP contribution < -0.4 is 16.5 Å². The number of hydrogen-bond acceptors (Lipinski definition) is 5. The summed E-state index contributed by atoms with van der Waals surface area (Å²) in [5.74, 6) is -1.51. The van der Waals surface area contributed by atoms with Crippen LogP contribution in [0.2, 0.25) is 0 Å². The predicted octanol–water partition coefficient (Wildman–Crippen LogP) is 0.635. The van der Waals surface area contributed by atoms with Crippen LogP contribution in [0.3, 0.4) is 0 Å². The van der Waals surface area contributed by atoms with Crippen molar-refractivity contribution in [1.29, 1.82) is 0 Å². The first-order chi connectivity index (χ1) is 12.2. The lowest BCUT2D eigenvalue weighted by Gasteiger charge is -2.09. The highest BCUT2D eigenvalue weighted by Gasteiger charge is 2.23. The molecule has 134 valence electrons. The van der Waals surface area contributed by atoms with E-state index < -0.39 is 17.2 Å². The van der Waals surface area contributed by atoms with Gasteiger partial charge in [0, 0.05) is 14.1 Å². The molecule has 0 saturated heterocycles. The van der Waals surface area contributed by atoms with E-state index in [0.717, 1.165) is 5.56 Å². The van der Waals surface area contributed by atoms with Gasteiger partial charge in [0.1, 0.15) is 0 Å². The number of primary amides is 1. The van der Waals surface area contributed by atoms with Gasteiger partial charge >= 0.3 is 0 Å². The van der Waals surface area contributed by atoms with E-state index in [9.17, 15) is 14.4 Å². The van der Waals surface area contributed by atoms with Gasteiger partial charge in [-0.05, 0) is 26.0 Å². The van der Waals surface area contributed by atoms with E-state index in [2.05, 4.69) is 15.5 Å². The summed E-state index contributed by atoms with van der Waals surface area (Å²) in [7, 11) is 3.27. The maximum atomic E-state index is 12.7. The molecule has 3 rings (SSSR count). The first-order valence-corrected chi connectivity index (χ1v) is 7.83. The van der Waals surface area contributed by atoms with Gasteiger partial charge in [-0.15, -0.1) is 0 Å². The zero-order chi connectivity index (χ0) is 19.2. The number of anilines is 1. The molecule has 2 aromatic heterocycles. The fourth-order valence-corrected chi connectivity index (χ4v) is 2.74. The van der Waals surface area contributed by atoms with Gasteiger partial charge in [-0.3, -0.25) is 23.7 Å². The quantitative estimate of drug-likeness (QED) is 0.714. The predicted molar refractivity (Wildman–Crippen MR) is 96.1 cm³/mol. The molecule has 2 amide bonds. The Labute approximate surface area is 148 Å². The number of carbonyl (C=O) groups is 2. The number of benzene rings is 1. The van der Waals surface area contributed by atoms with Crippen LogP contribution in [0, 0.1) is 13.8 Å². The van der Waals surface area contributed by atoms with E-state index in [0.29, 0.717) is 16.6 Å². The first kappa shape index (κ1) is 17.3. The Kier molecular flexibility index (Phi) is 4.07. The van der Waals surface area contributed by atoms with Crippen molar-refractivity contribution in [2.45, 2.75) is 13.8 Å². The maximum absolute atomic E-state index is 12.7. The Bertz CT molecular complexity index is 1130. The highest BCUT2D eigenvalue weighted by atomic mass is 16.2. The minimum Gasteiger partial charge on any atom is -0.364 e. The smallest absolute Gasteiger partial charge is 0.280 e. The summed E-state index contributed by atoms with van der Waals surface area (Å²) in [6, 6.07) is 5.35. The highest BCUT2D eigenvalue weighted by molar-refractivity contribution is 6.08. The molecule has 0 unspecified atom stereocenters. The lowest BCUT2D eigenvalue weighted by molar-refractivity contribution is 0.0995. The molecule has 0 spiro atoms. The molecule has 9 heteroatoms. The molecule has 0 aliphatic rings. The molecule has 2 heterocycles. The molecule has 0 atom stereocenters. The van der Waals surface area contributed by atoms with E-state index in [1.807, 2.05) is 13.0 Å². The second-order valence-electron chi connectivity index (χ2n) is 6.07. The van der Waals surface area contributed by atoms with Crippen LogP contribution in [0.1, 0.15) is 32.2 Å². The van der Waals surface area contributed by atoms with Crippen LogP contribution in [0.5, 0.6) is 0 Å². The third kappa shape index (κ3) is 2.73. The molecule has 9 nitrogen and oxygen atoms in total. The third-order valence-electron chi connectivity index (χ3n) is 4.23. The van der Waals surface area contributed by atoms with Crippen molar-refractivity contribution in [2.75, 3.05) is 5.32 Å². The zero-order valence-electron chi connectivity index (χ0n) is 14.8. The topological polar surface area (TPSA) is 125 Å². The Morgan fingerprint density at radius 1 is 1.08 bits per heavy atom. The molecule has 0 aliphatic carbocycles. The van der Waals surface area contributed by atoms with Crippen molar-refractivity contribution in [2.24, 2.45) is 19.8 Å². The van der Waals surface area contributed by atoms with Crippen molar-refractivity contribution in [3.05, 3.63) is 51.1 Å². The molecule has 0 radical (unpaired) electrons. The number of rotatable bonds is 3. The van der Waals surface area contributed by atoms with Gasteiger partial charge in [0.15, 0.2) is 11.4 Å². The van der Waals surface area contributed by atoms with Gasteiger partial charge in [0.2, 0.25) is 5.43 Å². The average molecular weight is 354 g/mol. The normalized spacial score (nSPS) is 10.9. The summed E-state index contributed by atoms with van der Waals surface area (Å²) in [5, 5.41) is 11.0.